The van der Waals surface area contributed by atoms with Crippen molar-refractivity contribution in [2.45, 2.75) is 38.4 Å². The summed E-state index contributed by atoms with van der Waals surface area (Å²) >= 11 is 0. The zero-order valence-electron chi connectivity index (χ0n) is 14.3. The summed E-state index contributed by atoms with van der Waals surface area (Å²) in [6.45, 7) is 2.22. The van der Waals surface area contributed by atoms with E-state index in [2.05, 4.69) is 19.9 Å². The smallest absolute Gasteiger partial charge is 0.224 e. The molecule has 0 N–H and O–H groups in total. The Morgan fingerprint density at radius 1 is 1.38 bits per heavy atom. The molecular formula is C17H24N6O. The molecule has 0 bridgehead atoms. The van der Waals surface area contributed by atoms with E-state index in [9.17, 15) is 4.79 Å². The monoisotopic (exact) mass is 328 g/mol. The van der Waals surface area contributed by atoms with Crippen molar-refractivity contribution in [3.63, 3.8) is 0 Å². The molecule has 2 aromatic rings. The fourth-order valence-electron chi connectivity index (χ4n) is 3.11. The average Bonchev–Trinajstić information content (AvgIpc) is 3.23. The summed E-state index contributed by atoms with van der Waals surface area (Å²) in [5, 5.41) is 0. The van der Waals surface area contributed by atoms with Gasteiger partial charge in [-0.05, 0) is 33.0 Å². The van der Waals surface area contributed by atoms with Gasteiger partial charge in [0.15, 0.2) is 5.82 Å². The summed E-state index contributed by atoms with van der Waals surface area (Å²) in [6.07, 6.45) is 9.56. The molecule has 0 unspecified atom stereocenters. The molecule has 0 aromatic carbocycles. The van der Waals surface area contributed by atoms with Gasteiger partial charge in [-0.25, -0.2) is 15.0 Å². The number of aromatic nitrogens is 4. The first-order valence-corrected chi connectivity index (χ1v) is 8.35. The zero-order valence-corrected chi connectivity index (χ0v) is 14.3. The highest BCUT2D eigenvalue weighted by Gasteiger charge is 2.31. The number of hydrogen-bond acceptors (Lipinski definition) is 5. The summed E-state index contributed by atoms with van der Waals surface area (Å²) in [5.74, 6) is 0.927. The molecule has 0 radical (unpaired) electrons. The van der Waals surface area contributed by atoms with Crippen LogP contribution in [0.1, 0.15) is 36.8 Å². The van der Waals surface area contributed by atoms with Crippen LogP contribution in [0.4, 0.5) is 0 Å². The Morgan fingerprint density at radius 2 is 2.25 bits per heavy atom. The van der Waals surface area contributed by atoms with Crippen LogP contribution in [-0.2, 0) is 17.9 Å². The summed E-state index contributed by atoms with van der Waals surface area (Å²) in [5.41, 5.74) is 0.989. The molecule has 0 saturated carbocycles. The van der Waals surface area contributed by atoms with Crippen molar-refractivity contribution >= 4 is 5.91 Å². The normalized spacial score (nSPS) is 17.6. The highest BCUT2D eigenvalue weighted by atomic mass is 16.2. The third-order valence-corrected chi connectivity index (χ3v) is 4.22. The fourth-order valence-corrected chi connectivity index (χ4v) is 3.11. The molecule has 1 amide bonds. The number of rotatable bonds is 6. The molecule has 1 aliphatic rings. The quantitative estimate of drug-likeness (QED) is 0.804. The first kappa shape index (κ1) is 16.6. The minimum Gasteiger partial charge on any atom is -0.337 e. The lowest BCUT2D eigenvalue weighted by Gasteiger charge is -2.24. The minimum atomic E-state index is 0.00222. The highest BCUT2D eigenvalue weighted by Crippen LogP contribution is 2.30. The molecule has 2 aromatic heterocycles. The van der Waals surface area contributed by atoms with E-state index < -0.39 is 0 Å². The molecule has 3 rings (SSSR count). The second-order valence-electron chi connectivity index (χ2n) is 6.44. The molecule has 1 aliphatic heterocycles. The number of amides is 1. The van der Waals surface area contributed by atoms with Gasteiger partial charge in [0, 0.05) is 44.6 Å². The third-order valence-electron chi connectivity index (χ3n) is 4.22. The molecule has 1 fully saturated rings. The second-order valence-corrected chi connectivity index (χ2v) is 6.44. The Labute approximate surface area is 142 Å². The van der Waals surface area contributed by atoms with Crippen molar-refractivity contribution in [2.24, 2.45) is 0 Å². The Morgan fingerprint density at radius 3 is 3.00 bits per heavy atom. The van der Waals surface area contributed by atoms with Gasteiger partial charge in [-0.1, -0.05) is 0 Å². The Bertz CT molecular complexity index is 669. The van der Waals surface area contributed by atoms with E-state index >= 15 is 0 Å². The van der Waals surface area contributed by atoms with Crippen LogP contribution in [0, 0.1) is 0 Å². The molecule has 1 saturated heterocycles. The van der Waals surface area contributed by atoms with Gasteiger partial charge >= 0.3 is 0 Å². The van der Waals surface area contributed by atoms with E-state index in [4.69, 9.17) is 0 Å². The average molecular weight is 328 g/mol. The third kappa shape index (κ3) is 3.97. The minimum absolute atomic E-state index is 0.00222. The van der Waals surface area contributed by atoms with E-state index in [-0.39, 0.29) is 11.9 Å². The van der Waals surface area contributed by atoms with Crippen molar-refractivity contribution < 1.29 is 4.79 Å². The Hall–Kier alpha value is -2.28. The first-order valence-electron chi connectivity index (χ1n) is 8.35. The van der Waals surface area contributed by atoms with E-state index in [0.29, 0.717) is 13.0 Å². The van der Waals surface area contributed by atoms with Crippen molar-refractivity contribution in [2.75, 3.05) is 20.6 Å². The van der Waals surface area contributed by atoms with Crippen LogP contribution >= 0.6 is 0 Å². The van der Waals surface area contributed by atoms with Gasteiger partial charge in [-0.2, -0.15) is 0 Å². The molecule has 7 nitrogen and oxygen atoms in total. The largest absolute Gasteiger partial charge is 0.337 e. The lowest BCUT2D eigenvalue weighted by atomic mass is 10.2. The SMILES string of the molecule is CN(C)Cc1ccnc([C@H]2CCCN2C(=O)CCn2ccnc2)n1. The molecular weight excluding hydrogens is 304 g/mol. The maximum Gasteiger partial charge on any atom is 0.224 e. The number of nitrogens with zero attached hydrogens (tertiary/aromatic N) is 6. The maximum atomic E-state index is 12.6. The summed E-state index contributed by atoms with van der Waals surface area (Å²) in [6, 6.07) is 1.94. The molecule has 0 spiro atoms. The summed E-state index contributed by atoms with van der Waals surface area (Å²) < 4.78 is 1.93. The number of hydrogen-bond donors (Lipinski definition) is 0. The van der Waals surface area contributed by atoms with Gasteiger partial charge < -0.3 is 14.4 Å². The Kier molecular flexibility index (Phi) is 5.20. The van der Waals surface area contributed by atoms with E-state index in [1.165, 1.54) is 0 Å². The van der Waals surface area contributed by atoms with Gasteiger partial charge in [0.05, 0.1) is 18.1 Å². The van der Waals surface area contributed by atoms with E-state index in [1.807, 2.05) is 35.8 Å². The molecule has 128 valence electrons. The lowest BCUT2D eigenvalue weighted by molar-refractivity contribution is -0.132. The predicted octanol–water partition coefficient (Wildman–Crippen LogP) is 1.49. The lowest BCUT2D eigenvalue weighted by Crippen LogP contribution is -2.32. The van der Waals surface area contributed by atoms with Gasteiger partial charge in [-0.3, -0.25) is 4.79 Å². The van der Waals surface area contributed by atoms with Crippen LogP contribution in [-0.4, -0.2) is 55.9 Å². The summed E-state index contributed by atoms with van der Waals surface area (Å²) in [7, 11) is 4.03. The fraction of sp³-hybridized carbons (Fsp3) is 0.529. The van der Waals surface area contributed by atoms with Crippen LogP contribution in [0.2, 0.25) is 0 Å². The van der Waals surface area contributed by atoms with Gasteiger partial charge in [0.25, 0.3) is 0 Å². The van der Waals surface area contributed by atoms with E-state index in [0.717, 1.165) is 37.4 Å². The van der Waals surface area contributed by atoms with Gasteiger partial charge in [0.1, 0.15) is 0 Å². The second kappa shape index (κ2) is 7.53. The molecule has 7 heteroatoms. The van der Waals surface area contributed by atoms with Crippen molar-refractivity contribution in [3.05, 3.63) is 42.5 Å². The standard InChI is InChI=1S/C17H24N6O/c1-21(2)12-14-5-7-19-17(20-14)15-4-3-9-23(15)16(24)6-10-22-11-8-18-13-22/h5,7-8,11,13,15H,3-4,6,9-10,12H2,1-2H3/t15-/m1/s1. The number of carbonyl (C=O) groups excluding carboxylic acids is 1. The van der Waals surface area contributed by atoms with Crippen molar-refractivity contribution in [1.29, 1.82) is 0 Å². The molecule has 1 atom stereocenters. The first-order chi connectivity index (χ1) is 11.6. The Balaban J connectivity index is 1.67. The number of imidazole rings is 1. The number of likely N-dealkylation sites (tertiary alicyclic amines) is 1. The van der Waals surface area contributed by atoms with Crippen LogP contribution in [0.5, 0.6) is 0 Å². The van der Waals surface area contributed by atoms with Gasteiger partial charge in [0.2, 0.25) is 5.91 Å². The van der Waals surface area contributed by atoms with Crippen molar-refractivity contribution in [3.8, 4) is 0 Å². The molecule has 3 heterocycles. The van der Waals surface area contributed by atoms with Crippen LogP contribution < -0.4 is 0 Å². The van der Waals surface area contributed by atoms with Gasteiger partial charge in [-0.15, -0.1) is 0 Å². The maximum absolute atomic E-state index is 12.6. The zero-order chi connectivity index (χ0) is 16.9. The topological polar surface area (TPSA) is 67.2 Å². The number of aryl methyl sites for hydroxylation is 1. The van der Waals surface area contributed by atoms with Crippen LogP contribution in [0.3, 0.4) is 0 Å². The molecule has 0 aliphatic carbocycles. The predicted molar refractivity (Wildman–Crippen MR) is 90.0 cm³/mol. The molecule has 24 heavy (non-hydrogen) atoms. The highest BCUT2D eigenvalue weighted by molar-refractivity contribution is 5.76. The summed E-state index contributed by atoms with van der Waals surface area (Å²) in [4.78, 5) is 29.7. The van der Waals surface area contributed by atoms with Crippen LogP contribution in [0.25, 0.3) is 0 Å². The van der Waals surface area contributed by atoms with Crippen molar-refractivity contribution in [1.82, 2.24) is 29.3 Å². The number of carbonyl (C=O) groups is 1. The van der Waals surface area contributed by atoms with E-state index in [1.54, 1.807) is 18.7 Å². The van der Waals surface area contributed by atoms with Crippen LogP contribution in [0.15, 0.2) is 31.0 Å².